The van der Waals surface area contributed by atoms with Gasteiger partial charge in [0, 0.05) is 39.1 Å². The molecule has 1 saturated heterocycles. The minimum Gasteiger partial charge on any atom is -0.495 e. The molecule has 28 heavy (non-hydrogen) atoms. The van der Waals surface area contributed by atoms with Gasteiger partial charge < -0.3 is 9.64 Å². The lowest BCUT2D eigenvalue weighted by Gasteiger charge is -2.22. The van der Waals surface area contributed by atoms with Crippen LogP contribution in [0.2, 0.25) is 5.02 Å². The molecule has 0 aliphatic carbocycles. The smallest absolute Gasteiger partial charge is 0.222 e. The van der Waals surface area contributed by atoms with Crippen LogP contribution in [-0.4, -0.2) is 49.0 Å². The Kier molecular flexibility index (Phi) is 7.35. The Hall–Kier alpha value is -2.04. The van der Waals surface area contributed by atoms with Gasteiger partial charge in [-0.1, -0.05) is 41.9 Å². The zero-order valence-corrected chi connectivity index (χ0v) is 17.5. The molecule has 1 amide bonds. The van der Waals surface area contributed by atoms with Crippen LogP contribution in [0.25, 0.3) is 0 Å². The van der Waals surface area contributed by atoms with Crippen molar-refractivity contribution in [2.45, 2.75) is 32.7 Å². The Balaban J connectivity index is 1.50. The summed E-state index contributed by atoms with van der Waals surface area (Å²) < 4.78 is 5.18. The monoisotopic (exact) mass is 400 g/mol. The van der Waals surface area contributed by atoms with Crippen molar-refractivity contribution in [2.24, 2.45) is 0 Å². The predicted molar refractivity (Wildman–Crippen MR) is 114 cm³/mol. The molecule has 0 radical (unpaired) electrons. The molecular formula is C23H29ClN2O2. The van der Waals surface area contributed by atoms with Gasteiger partial charge in [-0.25, -0.2) is 0 Å². The topological polar surface area (TPSA) is 32.8 Å². The highest BCUT2D eigenvalue weighted by molar-refractivity contribution is 6.32. The molecule has 0 aromatic heterocycles. The second kappa shape index (κ2) is 9.94. The van der Waals surface area contributed by atoms with E-state index in [2.05, 4.69) is 36.1 Å². The molecule has 0 spiro atoms. The maximum absolute atomic E-state index is 12.7. The van der Waals surface area contributed by atoms with Gasteiger partial charge in [0.05, 0.1) is 12.1 Å². The summed E-state index contributed by atoms with van der Waals surface area (Å²) in [5.74, 6) is 0.891. The van der Waals surface area contributed by atoms with Gasteiger partial charge in [-0.05, 0) is 48.6 Å². The molecule has 2 aromatic rings. The first-order chi connectivity index (χ1) is 13.6. The van der Waals surface area contributed by atoms with Crippen LogP contribution in [-0.2, 0) is 17.8 Å². The molecular weight excluding hydrogens is 372 g/mol. The fraction of sp³-hybridized carbons (Fsp3) is 0.435. The van der Waals surface area contributed by atoms with E-state index in [1.165, 1.54) is 11.1 Å². The number of rotatable bonds is 6. The Bertz CT molecular complexity index is 809. The van der Waals surface area contributed by atoms with Crippen molar-refractivity contribution < 1.29 is 9.53 Å². The van der Waals surface area contributed by atoms with Crippen molar-refractivity contribution >= 4 is 17.5 Å². The molecule has 0 saturated carbocycles. The Labute approximate surface area is 173 Å². The predicted octanol–water partition coefficient (Wildman–Crippen LogP) is 4.32. The third kappa shape index (κ3) is 5.49. The third-order valence-corrected chi connectivity index (χ3v) is 5.74. The van der Waals surface area contributed by atoms with Gasteiger partial charge in [0.2, 0.25) is 5.91 Å². The van der Waals surface area contributed by atoms with Gasteiger partial charge in [0.1, 0.15) is 5.75 Å². The van der Waals surface area contributed by atoms with Crippen molar-refractivity contribution in [1.29, 1.82) is 0 Å². The lowest BCUT2D eigenvalue weighted by atomic mass is 10.1. The maximum atomic E-state index is 12.7. The number of carbonyl (C=O) groups is 1. The quantitative estimate of drug-likeness (QED) is 0.723. The van der Waals surface area contributed by atoms with Crippen LogP contribution in [0.3, 0.4) is 0 Å². The number of carbonyl (C=O) groups excluding carboxylic acids is 1. The largest absolute Gasteiger partial charge is 0.495 e. The van der Waals surface area contributed by atoms with Crippen LogP contribution >= 0.6 is 11.6 Å². The lowest BCUT2D eigenvalue weighted by Crippen LogP contribution is -2.35. The standard InChI is InChI=1S/C23H29ClN2O2/c1-18-6-3-4-7-20(18)17-25-12-5-13-26(15-14-25)23(27)11-9-19-8-10-22(28-2)21(24)16-19/h3-4,6-8,10,16H,5,9,11-15,17H2,1-2H3. The van der Waals surface area contributed by atoms with E-state index in [1.807, 2.05) is 23.1 Å². The zero-order valence-electron chi connectivity index (χ0n) is 16.8. The molecule has 1 aliphatic heterocycles. The van der Waals surface area contributed by atoms with Crippen LogP contribution < -0.4 is 4.74 Å². The highest BCUT2D eigenvalue weighted by Crippen LogP contribution is 2.25. The van der Waals surface area contributed by atoms with Gasteiger partial charge >= 0.3 is 0 Å². The zero-order chi connectivity index (χ0) is 19.9. The van der Waals surface area contributed by atoms with Crippen LogP contribution in [0.15, 0.2) is 42.5 Å². The molecule has 4 nitrogen and oxygen atoms in total. The number of nitrogens with zero attached hydrogens (tertiary/aromatic N) is 2. The summed E-state index contributed by atoms with van der Waals surface area (Å²) in [7, 11) is 1.60. The van der Waals surface area contributed by atoms with Crippen molar-refractivity contribution in [2.75, 3.05) is 33.3 Å². The molecule has 1 aliphatic rings. The normalized spacial score (nSPS) is 15.3. The number of hydrogen-bond acceptors (Lipinski definition) is 3. The number of hydrogen-bond donors (Lipinski definition) is 0. The second-order valence-electron chi connectivity index (χ2n) is 7.41. The van der Waals surface area contributed by atoms with E-state index in [1.54, 1.807) is 7.11 Å². The molecule has 0 bridgehead atoms. The number of methoxy groups -OCH3 is 1. The van der Waals surface area contributed by atoms with Crippen molar-refractivity contribution in [3.8, 4) is 5.75 Å². The van der Waals surface area contributed by atoms with E-state index < -0.39 is 0 Å². The summed E-state index contributed by atoms with van der Waals surface area (Å²) in [5.41, 5.74) is 3.77. The summed E-state index contributed by atoms with van der Waals surface area (Å²) in [4.78, 5) is 17.2. The summed E-state index contributed by atoms with van der Waals surface area (Å²) in [6.45, 7) is 6.72. The van der Waals surface area contributed by atoms with Gasteiger partial charge in [0.15, 0.2) is 0 Å². The Morgan fingerprint density at radius 2 is 1.93 bits per heavy atom. The number of amides is 1. The third-order valence-electron chi connectivity index (χ3n) is 5.44. The van der Waals surface area contributed by atoms with Crippen LogP contribution in [0.1, 0.15) is 29.5 Å². The highest BCUT2D eigenvalue weighted by Gasteiger charge is 2.19. The van der Waals surface area contributed by atoms with Gasteiger partial charge in [-0.3, -0.25) is 9.69 Å². The molecule has 150 valence electrons. The van der Waals surface area contributed by atoms with E-state index >= 15 is 0 Å². The van der Waals surface area contributed by atoms with E-state index in [-0.39, 0.29) is 5.91 Å². The molecule has 3 rings (SSSR count). The SMILES string of the molecule is COc1ccc(CCC(=O)N2CCCN(Cc3ccccc3C)CC2)cc1Cl. The molecule has 0 unspecified atom stereocenters. The van der Waals surface area contributed by atoms with Crippen LogP contribution in [0.4, 0.5) is 0 Å². The van der Waals surface area contributed by atoms with Gasteiger partial charge in [0.25, 0.3) is 0 Å². The molecule has 1 heterocycles. The molecule has 0 N–H and O–H groups in total. The number of ether oxygens (including phenoxy) is 1. The highest BCUT2D eigenvalue weighted by atomic mass is 35.5. The van der Waals surface area contributed by atoms with Gasteiger partial charge in [-0.2, -0.15) is 0 Å². The van der Waals surface area contributed by atoms with Gasteiger partial charge in [-0.15, -0.1) is 0 Å². The lowest BCUT2D eigenvalue weighted by molar-refractivity contribution is -0.131. The number of benzene rings is 2. The average Bonchev–Trinajstić information content (AvgIpc) is 2.94. The molecule has 0 atom stereocenters. The second-order valence-corrected chi connectivity index (χ2v) is 7.81. The summed E-state index contributed by atoms with van der Waals surface area (Å²) >= 11 is 6.18. The molecule has 1 fully saturated rings. The Morgan fingerprint density at radius 1 is 1.11 bits per heavy atom. The fourth-order valence-electron chi connectivity index (χ4n) is 3.68. The van der Waals surface area contributed by atoms with E-state index in [0.29, 0.717) is 23.6 Å². The van der Waals surface area contributed by atoms with Crippen LogP contribution in [0, 0.1) is 6.92 Å². The van der Waals surface area contributed by atoms with E-state index in [0.717, 1.165) is 44.7 Å². The minimum atomic E-state index is 0.227. The molecule has 2 aromatic carbocycles. The first kappa shape index (κ1) is 20.7. The summed E-state index contributed by atoms with van der Waals surface area (Å²) in [6.07, 6.45) is 2.23. The number of halogens is 1. The first-order valence-corrected chi connectivity index (χ1v) is 10.3. The van der Waals surface area contributed by atoms with E-state index in [9.17, 15) is 4.79 Å². The van der Waals surface area contributed by atoms with Crippen LogP contribution in [0.5, 0.6) is 5.75 Å². The fourth-order valence-corrected chi connectivity index (χ4v) is 3.96. The first-order valence-electron chi connectivity index (χ1n) is 9.94. The van der Waals surface area contributed by atoms with Crippen molar-refractivity contribution in [1.82, 2.24) is 9.80 Å². The Morgan fingerprint density at radius 3 is 2.68 bits per heavy atom. The van der Waals surface area contributed by atoms with Crippen molar-refractivity contribution in [3.05, 3.63) is 64.2 Å². The minimum absolute atomic E-state index is 0.227. The maximum Gasteiger partial charge on any atom is 0.222 e. The number of aryl methyl sites for hydroxylation is 2. The summed E-state index contributed by atoms with van der Waals surface area (Å²) in [6, 6.07) is 14.3. The molecule has 5 heteroatoms. The van der Waals surface area contributed by atoms with Crippen molar-refractivity contribution in [3.63, 3.8) is 0 Å². The summed E-state index contributed by atoms with van der Waals surface area (Å²) in [5, 5.41) is 0.592. The van der Waals surface area contributed by atoms with E-state index in [4.69, 9.17) is 16.3 Å². The average molecular weight is 401 g/mol.